The molecule has 0 aliphatic rings. The number of hydrogen-bond donors (Lipinski definition) is 1. The molecule has 0 unspecified atom stereocenters. The molecule has 62 valence electrons. The van der Waals surface area contributed by atoms with Gasteiger partial charge >= 0.3 is 5.97 Å². The lowest BCUT2D eigenvalue weighted by atomic mass is 10.3. The summed E-state index contributed by atoms with van der Waals surface area (Å²) < 4.78 is 0. The monoisotopic (exact) mass is 163 g/mol. The van der Waals surface area contributed by atoms with E-state index in [1.807, 2.05) is 18.2 Å². The van der Waals surface area contributed by atoms with E-state index in [1.54, 1.807) is 18.3 Å². The van der Waals surface area contributed by atoms with Crippen LogP contribution in [0.1, 0.15) is 12.1 Å². The molecule has 1 heterocycles. The van der Waals surface area contributed by atoms with Crippen LogP contribution in [0.2, 0.25) is 0 Å². The normalized spacial score (nSPS) is 10.3. The van der Waals surface area contributed by atoms with Gasteiger partial charge in [-0.05, 0) is 18.2 Å². The number of pyridine rings is 1. The van der Waals surface area contributed by atoms with Gasteiger partial charge in [0.15, 0.2) is 0 Å². The Labute approximate surface area is 70.4 Å². The van der Waals surface area contributed by atoms with Gasteiger partial charge in [0.2, 0.25) is 0 Å². The molecular weight excluding hydrogens is 154 g/mol. The fourth-order valence-electron chi connectivity index (χ4n) is 0.755. The van der Waals surface area contributed by atoms with E-state index < -0.39 is 5.97 Å². The van der Waals surface area contributed by atoms with Gasteiger partial charge < -0.3 is 5.11 Å². The third-order valence-electron chi connectivity index (χ3n) is 1.27. The van der Waals surface area contributed by atoms with E-state index in [-0.39, 0.29) is 6.42 Å². The fourth-order valence-corrected chi connectivity index (χ4v) is 0.755. The van der Waals surface area contributed by atoms with Gasteiger partial charge in [-0.3, -0.25) is 9.78 Å². The van der Waals surface area contributed by atoms with Gasteiger partial charge in [-0.2, -0.15) is 0 Å². The van der Waals surface area contributed by atoms with Gasteiger partial charge in [0.05, 0.1) is 12.1 Å². The van der Waals surface area contributed by atoms with E-state index >= 15 is 0 Å². The third kappa shape index (κ3) is 2.96. The lowest BCUT2D eigenvalue weighted by molar-refractivity contribution is -0.135. The van der Waals surface area contributed by atoms with Crippen LogP contribution in [0.25, 0.3) is 6.08 Å². The third-order valence-corrected chi connectivity index (χ3v) is 1.27. The molecule has 3 heteroatoms. The van der Waals surface area contributed by atoms with Crippen LogP contribution in [0.5, 0.6) is 0 Å². The van der Waals surface area contributed by atoms with Gasteiger partial charge in [-0.15, -0.1) is 0 Å². The number of aromatic nitrogens is 1. The second-order valence-electron chi connectivity index (χ2n) is 2.25. The van der Waals surface area contributed by atoms with Gasteiger partial charge in [-0.25, -0.2) is 0 Å². The van der Waals surface area contributed by atoms with Crippen molar-refractivity contribution in [1.82, 2.24) is 4.98 Å². The van der Waals surface area contributed by atoms with Crippen molar-refractivity contribution in [2.45, 2.75) is 6.42 Å². The van der Waals surface area contributed by atoms with Crippen molar-refractivity contribution in [3.8, 4) is 0 Å². The Bertz CT molecular complexity index is 280. The average molecular weight is 163 g/mol. The van der Waals surface area contributed by atoms with Crippen molar-refractivity contribution in [3.05, 3.63) is 36.2 Å². The molecule has 0 atom stereocenters. The van der Waals surface area contributed by atoms with Crippen molar-refractivity contribution in [3.63, 3.8) is 0 Å². The number of nitrogens with zero attached hydrogens (tertiary/aromatic N) is 1. The minimum Gasteiger partial charge on any atom is -0.481 e. The molecule has 0 fully saturated rings. The highest BCUT2D eigenvalue weighted by Gasteiger charge is 1.89. The first-order chi connectivity index (χ1) is 5.79. The first-order valence-electron chi connectivity index (χ1n) is 3.58. The lowest BCUT2D eigenvalue weighted by Crippen LogP contribution is -1.89. The standard InChI is InChI=1S/C9H9NO2/c11-9(12)6-3-5-8-4-1-2-7-10-8/h1-5,7H,6H2,(H,11,12)/b5-3+. The van der Waals surface area contributed by atoms with E-state index in [0.29, 0.717) is 0 Å². The summed E-state index contributed by atoms with van der Waals surface area (Å²) in [5.41, 5.74) is 0.777. The highest BCUT2D eigenvalue weighted by atomic mass is 16.4. The molecule has 1 aromatic rings. The molecule has 0 aromatic carbocycles. The summed E-state index contributed by atoms with van der Waals surface area (Å²) in [6.07, 6.45) is 4.97. The maximum Gasteiger partial charge on any atom is 0.307 e. The smallest absolute Gasteiger partial charge is 0.307 e. The summed E-state index contributed by atoms with van der Waals surface area (Å²) in [6.45, 7) is 0. The summed E-state index contributed by atoms with van der Waals surface area (Å²) in [4.78, 5) is 14.1. The summed E-state index contributed by atoms with van der Waals surface area (Å²) in [6, 6.07) is 5.49. The predicted molar refractivity (Wildman–Crippen MR) is 45.5 cm³/mol. The van der Waals surface area contributed by atoms with Crippen LogP contribution in [0, 0.1) is 0 Å². The zero-order chi connectivity index (χ0) is 8.81. The summed E-state index contributed by atoms with van der Waals surface area (Å²) >= 11 is 0. The number of carbonyl (C=O) groups is 1. The summed E-state index contributed by atoms with van der Waals surface area (Å²) in [5, 5.41) is 8.32. The molecule has 0 saturated heterocycles. The van der Waals surface area contributed by atoms with Crippen LogP contribution >= 0.6 is 0 Å². The number of carboxylic acids is 1. The molecule has 0 radical (unpaired) electrons. The maximum absolute atomic E-state index is 10.1. The van der Waals surface area contributed by atoms with Crippen molar-refractivity contribution in [2.24, 2.45) is 0 Å². The number of rotatable bonds is 3. The molecule has 0 aliphatic carbocycles. The minimum absolute atomic E-state index is 0.0383. The lowest BCUT2D eigenvalue weighted by Gasteiger charge is -1.88. The molecule has 3 nitrogen and oxygen atoms in total. The second kappa shape index (κ2) is 4.28. The molecule has 0 spiro atoms. The topological polar surface area (TPSA) is 50.2 Å². The van der Waals surface area contributed by atoms with E-state index in [4.69, 9.17) is 5.11 Å². The van der Waals surface area contributed by atoms with Gasteiger partial charge in [0, 0.05) is 6.20 Å². The number of aliphatic carboxylic acids is 1. The van der Waals surface area contributed by atoms with Crippen LogP contribution in [-0.2, 0) is 4.79 Å². The Balaban J connectivity index is 2.52. The van der Waals surface area contributed by atoms with Crippen molar-refractivity contribution >= 4 is 12.0 Å². The predicted octanol–water partition coefficient (Wildman–Crippen LogP) is 1.57. The second-order valence-corrected chi connectivity index (χ2v) is 2.25. The molecule has 0 amide bonds. The Morgan fingerprint density at radius 2 is 2.42 bits per heavy atom. The van der Waals surface area contributed by atoms with Gasteiger partial charge in [0.25, 0.3) is 0 Å². The largest absolute Gasteiger partial charge is 0.481 e. The fraction of sp³-hybridized carbons (Fsp3) is 0.111. The molecule has 12 heavy (non-hydrogen) atoms. The van der Waals surface area contributed by atoms with Crippen LogP contribution < -0.4 is 0 Å². The van der Waals surface area contributed by atoms with E-state index in [0.717, 1.165) is 5.69 Å². The number of hydrogen-bond acceptors (Lipinski definition) is 2. The average Bonchev–Trinajstić information content (AvgIpc) is 2.05. The molecule has 1 rings (SSSR count). The summed E-state index contributed by atoms with van der Waals surface area (Å²) in [7, 11) is 0. The highest BCUT2D eigenvalue weighted by Crippen LogP contribution is 1.97. The van der Waals surface area contributed by atoms with Crippen LogP contribution in [0.4, 0.5) is 0 Å². The van der Waals surface area contributed by atoms with Crippen molar-refractivity contribution < 1.29 is 9.90 Å². The van der Waals surface area contributed by atoms with E-state index in [9.17, 15) is 4.79 Å². The van der Waals surface area contributed by atoms with Gasteiger partial charge in [-0.1, -0.05) is 12.1 Å². The van der Waals surface area contributed by atoms with Crippen molar-refractivity contribution in [2.75, 3.05) is 0 Å². The first-order valence-corrected chi connectivity index (χ1v) is 3.58. The van der Waals surface area contributed by atoms with Gasteiger partial charge in [0.1, 0.15) is 0 Å². The quantitative estimate of drug-likeness (QED) is 0.735. The zero-order valence-electron chi connectivity index (χ0n) is 6.47. The first kappa shape index (κ1) is 8.46. The molecule has 0 bridgehead atoms. The maximum atomic E-state index is 10.1. The minimum atomic E-state index is -0.831. The Hall–Kier alpha value is -1.64. The summed E-state index contributed by atoms with van der Waals surface area (Å²) in [5.74, 6) is -0.831. The SMILES string of the molecule is O=C(O)C/C=C/c1ccccn1. The molecule has 0 aliphatic heterocycles. The molecule has 1 N–H and O–H groups in total. The Morgan fingerprint density at radius 3 is 3.00 bits per heavy atom. The van der Waals surface area contributed by atoms with Crippen LogP contribution in [-0.4, -0.2) is 16.1 Å². The number of carboxylic acid groups (broad SMARTS) is 1. The Morgan fingerprint density at radius 1 is 1.58 bits per heavy atom. The van der Waals surface area contributed by atoms with Crippen LogP contribution in [0.3, 0.4) is 0 Å². The van der Waals surface area contributed by atoms with E-state index in [2.05, 4.69) is 4.98 Å². The Kier molecular flexibility index (Phi) is 3.02. The highest BCUT2D eigenvalue weighted by molar-refractivity contribution is 5.70. The molecule has 0 saturated carbocycles. The van der Waals surface area contributed by atoms with Crippen molar-refractivity contribution in [1.29, 1.82) is 0 Å². The molecule has 1 aromatic heterocycles. The zero-order valence-corrected chi connectivity index (χ0v) is 6.47. The van der Waals surface area contributed by atoms with Crippen LogP contribution in [0.15, 0.2) is 30.5 Å². The molecular formula is C9H9NO2. The van der Waals surface area contributed by atoms with E-state index in [1.165, 1.54) is 0 Å².